The van der Waals surface area contributed by atoms with Crippen LogP contribution in [-0.4, -0.2) is 18.6 Å². The number of hydrogen-bond donors (Lipinski definition) is 1. The van der Waals surface area contributed by atoms with E-state index in [1.165, 1.54) is 5.56 Å². The molecule has 1 aliphatic rings. The number of esters is 1. The van der Waals surface area contributed by atoms with Crippen LogP contribution in [0.4, 0.5) is 0 Å². The number of nitrogens with two attached hydrogens (primary N) is 1. The lowest BCUT2D eigenvalue weighted by atomic mass is 9.96. The van der Waals surface area contributed by atoms with Gasteiger partial charge in [0.1, 0.15) is 6.10 Å². The molecule has 1 saturated heterocycles. The van der Waals surface area contributed by atoms with E-state index in [9.17, 15) is 4.79 Å². The number of benzene rings is 1. The molecule has 0 aliphatic carbocycles. The molecular formula is C12H15NO2. The monoisotopic (exact) mass is 205 g/mol. The molecular weight excluding hydrogens is 190 g/mol. The number of carbonyl (C=O) groups is 1. The molecule has 1 fully saturated rings. The van der Waals surface area contributed by atoms with Crippen LogP contribution in [0.3, 0.4) is 0 Å². The van der Waals surface area contributed by atoms with Crippen molar-refractivity contribution in [2.24, 2.45) is 11.7 Å². The fraction of sp³-hybridized carbons (Fsp3) is 0.417. The Morgan fingerprint density at radius 2 is 2.07 bits per heavy atom. The van der Waals surface area contributed by atoms with Crippen molar-refractivity contribution in [3.8, 4) is 0 Å². The third kappa shape index (κ3) is 2.36. The Morgan fingerprint density at radius 3 is 2.67 bits per heavy atom. The van der Waals surface area contributed by atoms with Gasteiger partial charge in [0.05, 0.1) is 5.92 Å². The van der Waals surface area contributed by atoms with E-state index in [-0.39, 0.29) is 18.0 Å². The molecule has 0 aromatic heterocycles. The van der Waals surface area contributed by atoms with Crippen LogP contribution < -0.4 is 5.73 Å². The summed E-state index contributed by atoms with van der Waals surface area (Å²) >= 11 is 0. The van der Waals surface area contributed by atoms with E-state index >= 15 is 0 Å². The van der Waals surface area contributed by atoms with Gasteiger partial charge in [-0.1, -0.05) is 30.3 Å². The predicted octanol–water partition coefficient (Wildman–Crippen LogP) is 1.12. The Bertz CT molecular complexity index is 337. The fourth-order valence-electron chi connectivity index (χ4n) is 1.93. The van der Waals surface area contributed by atoms with E-state index in [4.69, 9.17) is 10.5 Å². The zero-order chi connectivity index (χ0) is 10.7. The molecule has 1 aromatic carbocycles. The summed E-state index contributed by atoms with van der Waals surface area (Å²) in [6.45, 7) is 0.428. The molecule has 0 amide bonds. The Morgan fingerprint density at radius 1 is 1.33 bits per heavy atom. The average molecular weight is 205 g/mol. The SMILES string of the molecule is NC[C@@H]1C[C@@H](Cc2ccccc2)C(=O)O1. The Hall–Kier alpha value is -1.35. The predicted molar refractivity (Wildman–Crippen MR) is 57.2 cm³/mol. The molecule has 1 aromatic rings. The second-order valence-electron chi connectivity index (χ2n) is 3.92. The first kappa shape index (κ1) is 10.2. The maximum atomic E-state index is 11.5. The van der Waals surface area contributed by atoms with Crippen molar-refractivity contribution in [1.82, 2.24) is 0 Å². The first-order valence-corrected chi connectivity index (χ1v) is 5.24. The van der Waals surface area contributed by atoms with Crippen molar-refractivity contribution >= 4 is 5.97 Å². The highest BCUT2D eigenvalue weighted by molar-refractivity contribution is 5.75. The minimum absolute atomic E-state index is 0.0130. The molecule has 0 radical (unpaired) electrons. The summed E-state index contributed by atoms with van der Waals surface area (Å²) in [5.41, 5.74) is 6.65. The van der Waals surface area contributed by atoms with Gasteiger partial charge in [0.25, 0.3) is 0 Å². The van der Waals surface area contributed by atoms with E-state index in [1.54, 1.807) is 0 Å². The fourth-order valence-corrected chi connectivity index (χ4v) is 1.93. The first-order chi connectivity index (χ1) is 7.29. The van der Waals surface area contributed by atoms with Gasteiger partial charge in [-0.15, -0.1) is 0 Å². The summed E-state index contributed by atoms with van der Waals surface area (Å²) in [7, 11) is 0. The number of rotatable bonds is 3. The van der Waals surface area contributed by atoms with Gasteiger partial charge in [0.2, 0.25) is 0 Å². The van der Waals surface area contributed by atoms with Crippen molar-refractivity contribution in [2.75, 3.05) is 6.54 Å². The molecule has 3 nitrogen and oxygen atoms in total. The summed E-state index contributed by atoms with van der Waals surface area (Å²) in [4.78, 5) is 11.5. The highest BCUT2D eigenvalue weighted by Crippen LogP contribution is 2.24. The van der Waals surface area contributed by atoms with Crippen LogP contribution in [0, 0.1) is 5.92 Å². The topological polar surface area (TPSA) is 52.3 Å². The van der Waals surface area contributed by atoms with Gasteiger partial charge in [-0.25, -0.2) is 0 Å². The molecule has 2 N–H and O–H groups in total. The van der Waals surface area contributed by atoms with Crippen LogP contribution in [-0.2, 0) is 16.0 Å². The minimum atomic E-state index is -0.102. The Labute approximate surface area is 89.2 Å². The number of hydrogen-bond acceptors (Lipinski definition) is 3. The maximum absolute atomic E-state index is 11.5. The molecule has 15 heavy (non-hydrogen) atoms. The summed E-state index contributed by atoms with van der Waals surface area (Å²) in [5.74, 6) is -0.116. The molecule has 3 heteroatoms. The van der Waals surface area contributed by atoms with Crippen molar-refractivity contribution in [3.63, 3.8) is 0 Å². The second-order valence-corrected chi connectivity index (χ2v) is 3.92. The second kappa shape index (κ2) is 4.45. The number of cyclic esters (lactones) is 1. The van der Waals surface area contributed by atoms with Crippen LogP contribution in [0.1, 0.15) is 12.0 Å². The van der Waals surface area contributed by atoms with E-state index < -0.39 is 0 Å². The summed E-state index contributed by atoms with van der Waals surface area (Å²) < 4.78 is 5.13. The number of ether oxygens (including phenoxy) is 1. The van der Waals surface area contributed by atoms with E-state index in [0.717, 1.165) is 12.8 Å². The highest BCUT2D eigenvalue weighted by Gasteiger charge is 2.33. The Kier molecular flexibility index (Phi) is 3.02. The smallest absolute Gasteiger partial charge is 0.309 e. The van der Waals surface area contributed by atoms with Crippen LogP contribution in [0.5, 0.6) is 0 Å². The van der Waals surface area contributed by atoms with Crippen molar-refractivity contribution in [3.05, 3.63) is 35.9 Å². The van der Waals surface area contributed by atoms with Crippen LogP contribution in [0.2, 0.25) is 0 Å². The van der Waals surface area contributed by atoms with Crippen LogP contribution in [0.15, 0.2) is 30.3 Å². The average Bonchev–Trinajstić information content (AvgIpc) is 2.61. The van der Waals surface area contributed by atoms with E-state index in [2.05, 4.69) is 0 Å². The highest BCUT2D eigenvalue weighted by atomic mass is 16.6. The maximum Gasteiger partial charge on any atom is 0.309 e. The van der Waals surface area contributed by atoms with Gasteiger partial charge < -0.3 is 10.5 Å². The molecule has 2 rings (SSSR count). The third-order valence-corrected chi connectivity index (χ3v) is 2.75. The summed E-state index contributed by atoms with van der Waals surface area (Å²) in [6.07, 6.45) is 1.44. The molecule has 2 atom stereocenters. The first-order valence-electron chi connectivity index (χ1n) is 5.24. The molecule has 80 valence electrons. The van der Waals surface area contributed by atoms with E-state index in [1.807, 2.05) is 30.3 Å². The van der Waals surface area contributed by atoms with E-state index in [0.29, 0.717) is 6.54 Å². The van der Waals surface area contributed by atoms with Gasteiger partial charge >= 0.3 is 5.97 Å². The molecule has 1 aliphatic heterocycles. The molecule has 0 spiro atoms. The van der Waals surface area contributed by atoms with Crippen molar-refractivity contribution < 1.29 is 9.53 Å². The molecule has 0 unspecified atom stereocenters. The summed E-state index contributed by atoms with van der Waals surface area (Å²) in [5, 5.41) is 0. The van der Waals surface area contributed by atoms with Gasteiger partial charge in [0, 0.05) is 6.54 Å². The standard InChI is InChI=1S/C12H15NO2/c13-8-11-7-10(12(14)15-11)6-9-4-2-1-3-5-9/h1-5,10-11H,6-8,13H2/t10-,11+/m1/s1. The molecule has 0 bridgehead atoms. The lowest BCUT2D eigenvalue weighted by molar-refractivity contribution is -0.144. The van der Waals surface area contributed by atoms with Gasteiger partial charge in [0.15, 0.2) is 0 Å². The normalized spacial score (nSPS) is 25.3. The lowest BCUT2D eigenvalue weighted by Gasteiger charge is -2.04. The third-order valence-electron chi connectivity index (χ3n) is 2.75. The van der Waals surface area contributed by atoms with Crippen molar-refractivity contribution in [1.29, 1.82) is 0 Å². The van der Waals surface area contributed by atoms with Crippen molar-refractivity contribution in [2.45, 2.75) is 18.9 Å². The minimum Gasteiger partial charge on any atom is -0.461 e. The summed E-state index contributed by atoms with van der Waals surface area (Å²) in [6, 6.07) is 10.00. The Balaban J connectivity index is 1.99. The molecule has 1 heterocycles. The van der Waals surface area contributed by atoms with Crippen LogP contribution in [0.25, 0.3) is 0 Å². The van der Waals surface area contributed by atoms with Gasteiger partial charge in [-0.3, -0.25) is 4.79 Å². The number of carbonyl (C=O) groups excluding carboxylic acids is 1. The van der Waals surface area contributed by atoms with Gasteiger partial charge in [-0.05, 0) is 18.4 Å². The zero-order valence-corrected chi connectivity index (χ0v) is 8.56. The van der Waals surface area contributed by atoms with Gasteiger partial charge in [-0.2, -0.15) is 0 Å². The zero-order valence-electron chi connectivity index (χ0n) is 8.56. The quantitative estimate of drug-likeness (QED) is 0.752. The lowest BCUT2D eigenvalue weighted by Crippen LogP contribution is -2.19. The largest absolute Gasteiger partial charge is 0.461 e. The molecule has 0 saturated carbocycles. The van der Waals surface area contributed by atoms with Crippen LogP contribution >= 0.6 is 0 Å².